The molecule has 0 saturated carbocycles. The van der Waals surface area contributed by atoms with Crippen LogP contribution in [0.1, 0.15) is 43.7 Å². The van der Waals surface area contributed by atoms with Gasteiger partial charge in [0.05, 0.1) is 63.3 Å². The van der Waals surface area contributed by atoms with Crippen LogP contribution in [0.15, 0.2) is 131 Å². The molecule has 0 N–H and O–H groups in total. The van der Waals surface area contributed by atoms with Crippen molar-refractivity contribution in [1.29, 1.82) is 0 Å². The first-order valence-electron chi connectivity index (χ1n) is 22.1. The molecule has 10 rings (SSSR count). The van der Waals surface area contributed by atoms with E-state index in [1.54, 1.807) is 5.51 Å². The highest BCUT2D eigenvalue weighted by molar-refractivity contribution is 7.16. The zero-order chi connectivity index (χ0) is 54.9. The highest BCUT2D eigenvalue weighted by Crippen LogP contribution is 2.39. The van der Waals surface area contributed by atoms with Crippen LogP contribution >= 0.6 is 11.3 Å². The van der Waals surface area contributed by atoms with Crippen molar-refractivity contribution in [1.82, 2.24) is 34.1 Å². The van der Waals surface area contributed by atoms with Crippen LogP contribution < -0.4 is 20.6 Å². The van der Waals surface area contributed by atoms with E-state index in [1.807, 2.05) is 18.2 Å². The molecule has 0 unspecified atom stereocenters. The highest BCUT2D eigenvalue weighted by Gasteiger charge is 2.37. The van der Waals surface area contributed by atoms with Crippen LogP contribution in [-0.4, -0.2) is 40.3 Å². The molecule has 0 atom stereocenters. The Bertz CT molecular complexity index is 4010. The summed E-state index contributed by atoms with van der Waals surface area (Å²) in [5.74, 6) is -8.62. The molecular formula is C52H29F12N7O5S. The molecule has 0 aliphatic carbocycles. The number of aryl methyl sites for hydroxylation is 2. The number of thiazole rings is 1. The minimum absolute atomic E-state index is 0.0778. The van der Waals surface area contributed by atoms with Gasteiger partial charge in [0.2, 0.25) is 11.8 Å². The van der Waals surface area contributed by atoms with E-state index in [4.69, 9.17) is 9.47 Å². The molecule has 12 nitrogen and oxygen atoms in total. The normalized spacial score (nSPS) is 11.7. The van der Waals surface area contributed by atoms with Gasteiger partial charge >= 0.3 is 12.4 Å². The molecule has 0 fully saturated rings. The van der Waals surface area contributed by atoms with Gasteiger partial charge in [0.25, 0.3) is 11.1 Å². The fraction of sp³-hybridized carbons (Fsp3) is 0.115. The van der Waals surface area contributed by atoms with Crippen molar-refractivity contribution in [3.05, 3.63) is 216 Å². The van der Waals surface area contributed by atoms with Crippen LogP contribution in [0.3, 0.4) is 0 Å². The Kier molecular flexibility index (Phi) is 14.6. The Labute approximate surface area is 427 Å². The van der Waals surface area contributed by atoms with Crippen LogP contribution in [0.4, 0.5) is 52.7 Å². The predicted molar refractivity (Wildman–Crippen MR) is 254 cm³/mol. The second-order valence-electron chi connectivity index (χ2n) is 16.7. The summed E-state index contributed by atoms with van der Waals surface area (Å²) in [5, 5.41) is -0.202. The summed E-state index contributed by atoms with van der Waals surface area (Å²) < 4.78 is 179. The van der Waals surface area contributed by atoms with E-state index in [9.17, 15) is 67.1 Å². The molecule has 10 aromatic rings. The number of halogens is 12. The lowest BCUT2D eigenvalue weighted by atomic mass is 10.0. The Balaban J connectivity index is 0.000000193. The lowest BCUT2D eigenvalue weighted by Gasteiger charge is -2.15. The first-order valence-corrected chi connectivity index (χ1v) is 23.0. The van der Waals surface area contributed by atoms with Crippen LogP contribution in [0, 0.1) is 34.9 Å². The molecule has 0 radical (unpaired) electrons. The number of carbonyl (C=O) groups is 1. The maximum atomic E-state index is 14.2. The highest BCUT2D eigenvalue weighted by atomic mass is 32.1. The number of hydrogen-bond acceptors (Lipinski definition) is 11. The molecule has 25 heteroatoms. The van der Waals surface area contributed by atoms with Crippen molar-refractivity contribution in [3.8, 4) is 23.3 Å². The summed E-state index contributed by atoms with van der Waals surface area (Å²) in [6, 6.07) is 16.7. The van der Waals surface area contributed by atoms with Gasteiger partial charge in [-0.15, -0.1) is 11.3 Å². The van der Waals surface area contributed by atoms with Gasteiger partial charge in [0.15, 0.2) is 6.29 Å². The second-order valence-corrected chi connectivity index (χ2v) is 17.6. The maximum Gasteiger partial charge on any atom is 0.421 e. The number of nitrogens with zero attached hydrogens (tertiary/aromatic N) is 7. The second kappa shape index (κ2) is 21.3. The summed E-state index contributed by atoms with van der Waals surface area (Å²) in [6.45, 7) is -0.879. The zero-order valence-corrected chi connectivity index (χ0v) is 39.4. The van der Waals surface area contributed by atoms with Crippen molar-refractivity contribution in [2.75, 3.05) is 0 Å². The number of aldehydes is 1. The summed E-state index contributed by atoms with van der Waals surface area (Å²) in [7, 11) is 0. The quantitative estimate of drug-likeness (QED) is 0.0856. The summed E-state index contributed by atoms with van der Waals surface area (Å²) >= 11 is 1.48. The number of rotatable bonds is 12. The molecule has 392 valence electrons. The van der Waals surface area contributed by atoms with E-state index in [-0.39, 0.29) is 45.2 Å². The smallest absolute Gasteiger partial charge is 0.421 e. The molecule has 77 heavy (non-hydrogen) atoms. The van der Waals surface area contributed by atoms with Gasteiger partial charge in [-0.05, 0) is 84.6 Å². The van der Waals surface area contributed by atoms with Gasteiger partial charge in [-0.1, -0.05) is 6.07 Å². The fourth-order valence-corrected chi connectivity index (χ4v) is 8.59. The van der Waals surface area contributed by atoms with Gasteiger partial charge in [-0.3, -0.25) is 14.4 Å². The van der Waals surface area contributed by atoms with Gasteiger partial charge in [-0.2, -0.15) is 36.3 Å². The number of fused-ring (bicyclic) bond motifs is 3. The van der Waals surface area contributed by atoms with E-state index >= 15 is 0 Å². The molecule has 0 aliphatic rings. The third kappa shape index (κ3) is 11.8. The van der Waals surface area contributed by atoms with E-state index in [1.165, 1.54) is 57.0 Å². The minimum Gasteiger partial charge on any atom is -0.438 e. The predicted octanol–water partition coefficient (Wildman–Crippen LogP) is 12.3. The summed E-state index contributed by atoms with van der Waals surface area (Å²) in [6.07, 6.45) is -4.40. The molecular weight excluding hydrogens is 1060 g/mol. The third-order valence-electron chi connectivity index (χ3n) is 11.6. The lowest BCUT2D eigenvalue weighted by molar-refractivity contribution is -0.139. The third-order valence-corrected chi connectivity index (χ3v) is 12.4. The Morgan fingerprint density at radius 3 is 1.51 bits per heavy atom. The molecule has 5 aromatic carbocycles. The minimum atomic E-state index is -4.88. The van der Waals surface area contributed by atoms with Crippen LogP contribution in [0.25, 0.3) is 32.0 Å². The monoisotopic (exact) mass is 1090 g/mol. The Morgan fingerprint density at radius 1 is 0.532 bits per heavy atom. The molecule has 0 amide bonds. The molecule has 0 aliphatic heterocycles. The molecule has 0 bridgehead atoms. The molecule has 0 spiro atoms. The topological polar surface area (TPSA) is 144 Å². The van der Waals surface area contributed by atoms with Gasteiger partial charge in [0.1, 0.15) is 57.5 Å². The number of pyridine rings is 2. The summed E-state index contributed by atoms with van der Waals surface area (Å²) in [5.41, 5.74) is -0.977. The van der Waals surface area contributed by atoms with Crippen molar-refractivity contribution in [2.45, 2.75) is 38.3 Å². The molecule has 0 saturated heterocycles. The maximum absolute atomic E-state index is 14.2. The number of alkyl halides is 6. The Morgan fingerprint density at radius 2 is 1.01 bits per heavy atom. The van der Waals surface area contributed by atoms with E-state index in [0.717, 1.165) is 46.8 Å². The number of aromatic nitrogens is 7. The van der Waals surface area contributed by atoms with Crippen LogP contribution in [0.5, 0.6) is 23.3 Å². The number of carbonyl (C=O) groups excluding carboxylic acids is 1. The van der Waals surface area contributed by atoms with Crippen molar-refractivity contribution >= 4 is 49.6 Å². The lowest BCUT2D eigenvalue weighted by Crippen LogP contribution is -2.14. The molecule has 5 aromatic heterocycles. The first kappa shape index (κ1) is 52.8. The Hall–Kier alpha value is -9.00. The number of ether oxygens (including phenoxy) is 2. The van der Waals surface area contributed by atoms with Crippen molar-refractivity contribution in [2.24, 2.45) is 0 Å². The number of hydrogen-bond donors (Lipinski definition) is 0. The van der Waals surface area contributed by atoms with Gasteiger partial charge in [-0.25, -0.2) is 41.3 Å². The van der Waals surface area contributed by atoms with Gasteiger partial charge in [0, 0.05) is 53.3 Å². The SMILES string of the molecule is O=Cc1cnc(Oc2ccc3c(c2)c(=O)ncn3Cc2c(F)cc(F)cc2F)c(C(F)(F)F)c1.O=c1ncn(Cc2c(F)cc(F)cc2F)c2ccc(Oc3ncc(CCc4ccc5ncsc5c4)cc3C(F)(F)F)cc12. The standard InChI is InChI=1S/C30H18F6N4O2S.C22H11F6N3O3/c31-18-9-23(32)21(24(33)10-18)13-40-14-38-28(41)20-11-19(4-6-26(20)40)42-29-22(30(34,35)36)7-17(12-37-29)2-1-16-3-5-25-27(8-16)43-15-39-25;23-12-4-17(24)15(18(25)5-12)8-31-10-30-20(33)14-6-13(1-2-19(14)31)34-21-16(22(26,27)28)3-11(9-32)7-29-21/h3-12,14-15H,1-2,13H2;1-7,9-10H,8H2. The van der Waals surface area contributed by atoms with E-state index < -0.39 is 105 Å². The van der Waals surface area contributed by atoms with Crippen LogP contribution in [-0.2, 0) is 38.3 Å². The van der Waals surface area contributed by atoms with Gasteiger partial charge < -0.3 is 18.6 Å². The van der Waals surface area contributed by atoms with Crippen molar-refractivity contribution < 1.29 is 67.0 Å². The summed E-state index contributed by atoms with van der Waals surface area (Å²) in [4.78, 5) is 54.6. The molecule has 5 heterocycles. The fourth-order valence-electron chi connectivity index (χ4n) is 7.85. The largest absolute Gasteiger partial charge is 0.438 e. The average molecular weight is 1090 g/mol. The van der Waals surface area contributed by atoms with Crippen LogP contribution in [0.2, 0.25) is 0 Å². The average Bonchev–Trinajstić information content (AvgIpc) is 3.86. The number of benzene rings is 5. The zero-order valence-electron chi connectivity index (χ0n) is 38.6. The van der Waals surface area contributed by atoms with E-state index in [2.05, 4.69) is 24.9 Å². The van der Waals surface area contributed by atoms with E-state index in [0.29, 0.717) is 48.7 Å². The first-order chi connectivity index (χ1) is 36.6. The van der Waals surface area contributed by atoms with Crippen molar-refractivity contribution in [3.63, 3.8) is 0 Å².